The summed E-state index contributed by atoms with van der Waals surface area (Å²) in [5.41, 5.74) is 1.70. The molecule has 3 nitrogen and oxygen atoms in total. The molecular formula is C13H12FN3S. The van der Waals surface area contributed by atoms with E-state index in [0.717, 1.165) is 10.7 Å². The van der Waals surface area contributed by atoms with Crippen molar-refractivity contribution in [2.45, 2.75) is 19.9 Å². The molecule has 0 aliphatic rings. The minimum Gasteiger partial charge on any atom is -0.377 e. The summed E-state index contributed by atoms with van der Waals surface area (Å²) >= 11 is 1.59. The highest BCUT2D eigenvalue weighted by Crippen LogP contribution is 2.22. The van der Waals surface area contributed by atoms with Gasteiger partial charge in [0.05, 0.1) is 22.3 Å². The molecule has 0 aliphatic heterocycles. The van der Waals surface area contributed by atoms with Gasteiger partial charge in [0.25, 0.3) is 0 Å². The molecule has 0 amide bonds. The second kappa shape index (κ2) is 5.15. The minimum atomic E-state index is -0.500. The lowest BCUT2D eigenvalue weighted by atomic mass is 10.2. The first-order chi connectivity index (χ1) is 8.60. The maximum absolute atomic E-state index is 13.2. The van der Waals surface area contributed by atoms with Gasteiger partial charge in [-0.15, -0.1) is 11.3 Å². The third kappa shape index (κ3) is 2.66. The predicted octanol–water partition coefficient (Wildman–Crippen LogP) is 3.64. The zero-order chi connectivity index (χ0) is 13.1. The average Bonchev–Trinajstić information content (AvgIpc) is 2.78. The molecule has 0 aliphatic carbocycles. The Hall–Kier alpha value is -1.93. The maximum Gasteiger partial charge on any atom is 0.141 e. The second-order valence-electron chi connectivity index (χ2n) is 3.96. The quantitative estimate of drug-likeness (QED) is 0.917. The van der Waals surface area contributed by atoms with Gasteiger partial charge in [-0.3, -0.25) is 0 Å². The smallest absolute Gasteiger partial charge is 0.141 e. The standard InChI is InChI=1S/C13H12FN3S/c1-8(13-7-18-9(2)17-13)16-11-3-4-12(14)10(5-11)6-15/h3-5,7-8,16H,1-2H3. The Bertz CT molecular complexity index is 601. The molecule has 0 saturated carbocycles. The van der Waals surface area contributed by atoms with Crippen molar-refractivity contribution < 1.29 is 4.39 Å². The molecule has 1 atom stereocenters. The molecule has 0 bridgehead atoms. The molecule has 0 fully saturated rings. The number of halogens is 1. The summed E-state index contributed by atoms with van der Waals surface area (Å²) in [6, 6.07) is 6.26. The SMILES string of the molecule is Cc1nc(C(C)Nc2ccc(F)c(C#N)c2)cs1. The van der Waals surface area contributed by atoms with E-state index in [-0.39, 0.29) is 11.6 Å². The first-order valence-corrected chi connectivity index (χ1v) is 6.36. The van der Waals surface area contributed by atoms with E-state index < -0.39 is 5.82 Å². The highest BCUT2D eigenvalue weighted by Gasteiger charge is 2.10. The lowest BCUT2D eigenvalue weighted by Crippen LogP contribution is -2.07. The summed E-state index contributed by atoms with van der Waals surface area (Å²) in [6.07, 6.45) is 0. The third-order valence-electron chi connectivity index (χ3n) is 2.55. The summed E-state index contributed by atoms with van der Waals surface area (Å²) in [4.78, 5) is 4.38. The molecule has 2 rings (SSSR count). The van der Waals surface area contributed by atoms with Crippen LogP contribution in [0, 0.1) is 24.1 Å². The lowest BCUT2D eigenvalue weighted by Gasteiger charge is -2.13. The van der Waals surface area contributed by atoms with Crippen molar-refractivity contribution in [3.8, 4) is 6.07 Å². The zero-order valence-corrected chi connectivity index (χ0v) is 10.9. The number of nitriles is 1. The van der Waals surface area contributed by atoms with Crippen molar-refractivity contribution in [1.29, 1.82) is 5.26 Å². The summed E-state index contributed by atoms with van der Waals surface area (Å²) in [5.74, 6) is -0.500. The number of anilines is 1. The number of nitrogens with zero attached hydrogens (tertiary/aromatic N) is 2. The van der Waals surface area contributed by atoms with E-state index in [0.29, 0.717) is 5.69 Å². The van der Waals surface area contributed by atoms with Crippen molar-refractivity contribution in [3.63, 3.8) is 0 Å². The van der Waals surface area contributed by atoms with Gasteiger partial charge in [0, 0.05) is 11.1 Å². The van der Waals surface area contributed by atoms with Crippen molar-refractivity contribution in [1.82, 2.24) is 4.98 Å². The van der Waals surface area contributed by atoms with Gasteiger partial charge >= 0.3 is 0 Å². The van der Waals surface area contributed by atoms with Crippen LogP contribution in [0.25, 0.3) is 0 Å². The van der Waals surface area contributed by atoms with E-state index in [1.807, 2.05) is 25.3 Å². The number of rotatable bonds is 3. The second-order valence-corrected chi connectivity index (χ2v) is 5.03. The highest BCUT2D eigenvalue weighted by molar-refractivity contribution is 7.09. The molecule has 1 aromatic carbocycles. The molecule has 1 aromatic heterocycles. The Morgan fingerprint density at radius 1 is 1.50 bits per heavy atom. The van der Waals surface area contributed by atoms with Crippen molar-refractivity contribution in [2.75, 3.05) is 5.32 Å². The molecule has 1 unspecified atom stereocenters. The summed E-state index contributed by atoms with van der Waals surface area (Å²) in [6.45, 7) is 3.93. The predicted molar refractivity (Wildman–Crippen MR) is 70.0 cm³/mol. The first kappa shape index (κ1) is 12.5. The monoisotopic (exact) mass is 261 g/mol. The van der Waals surface area contributed by atoms with E-state index in [1.165, 1.54) is 12.1 Å². The number of aromatic nitrogens is 1. The topological polar surface area (TPSA) is 48.7 Å². The van der Waals surface area contributed by atoms with Crippen LogP contribution in [0.15, 0.2) is 23.6 Å². The van der Waals surface area contributed by atoms with Gasteiger partial charge in [0.15, 0.2) is 0 Å². The largest absolute Gasteiger partial charge is 0.377 e. The Balaban J connectivity index is 2.17. The average molecular weight is 261 g/mol. The van der Waals surface area contributed by atoms with E-state index in [4.69, 9.17) is 5.26 Å². The zero-order valence-electron chi connectivity index (χ0n) is 10.1. The van der Waals surface area contributed by atoms with Gasteiger partial charge in [-0.1, -0.05) is 0 Å². The normalized spacial score (nSPS) is 11.9. The van der Waals surface area contributed by atoms with Gasteiger partial charge in [-0.2, -0.15) is 5.26 Å². The molecule has 2 aromatic rings. The molecule has 92 valence electrons. The van der Waals surface area contributed by atoms with E-state index in [2.05, 4.69) is 10.3 Å². The lowest BCUT2D eigenvalue weighted by molar-refractivity contribution is 0.624. The maximum atomic E-state index is 13.2. The number of hydrogen-bond acceptors (Lipinski definition) is 4. The summed E-state index contributed by atoms with van der Waals surface area (Å²) in [5, 5.41) is 15.0. The Morgan fingerprint density at radius 3 is 2.89 bits per heavy atom. The van der Waals surface area contributed by atoms with Crippen LogP contribution in [-0.4, -0.2) is 4.98 Å². The van der Waals surface area contributed by atoms with Gasteiger partial charge in [0.2, 0.25) is 0 Å². The number of hydrogen-bond donors (Lipinski definition) is 1. The van der Waals surface area contributed by atoms with Crippen LogP contribution >= 0.6 is 11.3 Å². The highest BCUT2D eigenvalue weighted by atomic mass is 32.1. The fourth-order valence-corrected chi connectivity index (χ4v) is 2.31. The van der Waals surface area contributed by atoms with Crippen LogP contribution in [0.1, 0.15) is 29.2 Å². The van der Waals surface area contributed by atoms with Crippen molar-refractivity contribution in [2.24, 2.45) is 0 Å². The van der Waals surface area contributed by atoms with E-state index in [9.17, 15) is 4.39 Å². The van der Waals surface area contributed by atoms with E-state index in [1.54, 1.807) is 17.4 Å². The minimum absolute atomic E-state index is 0.0203. The number of benzene rings is 1. The van der Waals surface area contributed by atoms with Crippen LogP contribution in [0.5, 0.6) is 0 Å². The third-order valence-corrected chi connectivity index (χ3v) is 3.34. The van der Waals surface area contributed by atoms with Gasteiger partial charge in [-0.25, -0.2) is 9.37 Å². The number of thiazole rings is 1. The molecule has 0 saturated heterocycles. The fourth-order valence-electron chi connectivity index (χ4n) is 1.60. The molecule has 0 spiro atoms. The Labute approximate surface area is 109 Å². The number of nitrogens with one attached hydrogen (secondary N) is 1. The molecule has 0 radical (unpaired) electrons. The molecule has 5 heteroatoms. The summed E-state index contributed by atoms with van der Waals surface area (Å²) < 4.78 is 13.2. The van der Waals surface area contributed by atoms with Crippen molar-refractivity contribution in [3.05, 3.63) is 45.7 Å². The molecular weight excluding hydrogens is 249 g/mol. The number of aryl methyl sites for hydroxylation is 1. The van der Waals surface area contributed by atoms with Gasteiger partial charge < -0.3 is 5.32 Å². The molecule has 1 heterocycles. The van der Waals surface area contributed by atoms with Gasteiger partial charge in [0.1, 0.15) is 11.9 Å². The van der Waals surface area contributed by atoms with Crippen LogP contribution in [-0.2, 0) is 0 Å². The van der Waals surface area contributed by atoms with Crippen molar-refractivity contribution >= 4 is 17.0 Å². The fraction of sp³-hybridized carbons (Fsp3) is 0.231. The molecule has 18 heavy (non-hydrogen) atoms. The van der Waals surface area contributed by atoms with Crippen LogP contribution in [0.3, 0.4) is 0 Å². The van der Waals surface area contributed by atoms with Crippen LogP contribution < -0.4 is 5.32 Å². The first-order valence-electron chi connectivity index (χ1n) is 5.48. The van der Waals surface area contributed by atoms with E-state index >= 15 is 0 Å². The Kier molecular flexibility index (Phi) is 3.58. The molecule has 1 N–H and O–H groups in total. The van der Waals surface area contributed by atoms with Crippen LogP contribution in [0.2, 0.25) is 0 Å². The Morgan fingerprint density at radius 2 is 2.28 bits per heavy atom. The van der Waals surface area contributed by atoms with Crippen LogP contribution in [0.4, 0.5) is 10.1 Å². The summed E-state index contributed by atoms with van der Waals surface area (Å²) in [7, 11) is 0. The van der Waals surface area contributed by atoms with Gasteiger partial charge in [-0.05, 0) is 32.0 Å².